The predicted octanol–water partition coefficient (Wildman–Crippen LogP) is 1.62. The molecule has 2 heterocycles. The average molecular weight is 269 g/mol. The molecule has 1 aromatic carbocycles. The first-order chi connectivity index (χ1) is 9.66. The molecule has 2 amide bonds. The predicted molar refractivity (Wildman–Crippen MR) is 68.9 cm³/mol. The molecule has 5 heteroatoms. The van der Waals surface area contributed by atoms with Crippen molar-refractivity contribution in [2.75, 3.05) is 6.54 Å². The Morgan fingerprint density at radius 1 is 1.20 bits per heavy atom. The topological polar surface area (TPSA) is 67.6 Å². The van der Waals surface area contributed by atoms with Crippen LogP contribution in [0.4, 0.5) is 0 Å². The maximum atomic E-state index is 12.3. The first kappa shape index (κ1) is 11.4. The van der Waals surface area contributed by atoms with E-state index in [1.807, 2.05) is 12.1 Å². The Morgan fingerprint density at radius 2 is 1.90 bits per heavy atom. The molecule has 1 aromatic heterocycles. The number of piperidine rings is 1. The summed E-state index contributed by atoms with van der Waals surface area (Å²) < 4.78 is 5.31. The lowest BCUT2D eigenvalue weighted by Crippen LogP contribution is -2.37. The number of rotatable bonds is 3. The Labute approximate surface area is 114 Å². The summed E-state index contributed by atoms with van der Waals surface area (Å²) in [7, 11) is 0. The largest absolute Gasteiger partial charge is 0.464 e. The second kappa shape index (κ2) is 3.79. The van der Waals surface area contributed by atoms with E-state index in [9.17, 15) is 14.4 Å². The average Bonchev–Trinajstić information content (AvgIpc) is 3.08. The first-order valence-electron chi connectivity index (χ1n) is 6.51. The molecule has 4 rings (SSSR count). The van der Waals surface area contributed by atoms with E-state index in [0.717, 1.165) is 4.90 Å². The van der Waals surface area contributed by atoms with Gasteiger partial charge in [0.2, 0.25) is 11.8 Å². The Hall–Kier alpha value is -2.43. The van der Waals surface area contributed by atoms with Gasteiger partial charge in [-0.2, -0.15) is 0 Å². The maximum absolute atomic E-state index is 12.3. The van der Waals surface area contributed by atoms with Gasteiger partial charge in [0.15, 0.2) is 5.78 Å². The third-order valence-corrected chi connectivity index (χ3v) is 4.04. The van der Waals surface area contributed by atoms with E-state index in [-0.39, 0.29) is 36.0 Å². The molecule has 0 radical (unpaired) electrons. The van der Waals surface area contributed by atoms with Gasteiger partial charge in [0.25, 0.3) is 0 Å². The summed E-state index contributed by atoms with van der Waals surface area (Å²) in [5.74, 6) is -1.02. The number of Topliss-reactive ketones (excluding diaryl/α,β-unsaturated/α-hetero) is 1. The monoisotopic (exact) mass is 269 g/mol. The van der Waals surface area contributed by atoms with Crippen LogP contribution < -0.4 is 0 Å². The van der Waals surface area contributed by atoms with Crippen molar-refractivity contribution in [1.82, 2.24) is 4.90 Å². The molecule has 20 heavy (non-hydrogen) atoms. The van der Waals surface area contributed by atoms with Crippen LogP contribution in [0.25, 0.3) is 11.0 Å². The second-order valence-corrected chi connectivity index (χ2v) is 5.28. The number of fused-ring (bicyclic) bond motifs is 2. The van der Waals surface area contributed by atoms with Crippen LogP contribution in [0.5, 0.6) is 0 Å². The number of imide groups is 1. The molecule has 1 aliphatic carbocycles. The van der Waals surface area contributed by atoms with Crippen molar-refractivity contribution in [3.63, 3.8) is 0 Å². The third kappa shape index (κ3) is 1.46. The number of carbonyl (C=O) groups is 3. The number of likely N-dealkylation sites (tertiary alicyclic amines) is 1. The van der Waals surface area contributed by atoms with Crippen LogP contribution >= 0.6 is 0 Å². The lowest BCUT2D eigenvalue weighted by molar-refractivity contribution is -0.140. The fourth-order valence-electron chi connectivity index (χ4n) is 2.83. The van der Waals surface area contributed by atoms with Crippen molar-refractivity contribution in [3.8, 4) is 0 Å². The molecule has 2 atom stereocenters. The number of hydrogen-bond acceptors (Lipinski definition) is 4. The number of nitrogens with zero attached hydrogens (tertiary/aromatic N) is 1. The highest BCUT2D eigenvalue weighted by Gasteiger charge is 2.59. The van der Waals surface area contributed by atoms with Gasteiger partial charge in [0.05, 0.1) is 23.9 Å². The van der Waals surface area contributed by atoms with Crippen LogP contribution in [-0.4, -0.2) is 29.0 Å². The van der Waals surface area contributed by atoms with Crippen molar-refractivity contribution in [2.45, 2.75) is 6.42 Å². The highest BCUT2D eigenvalue weighted by molar-refractivity contribution is 6.14. The molecular weight excluding hydrogens is 258 g/mol. The molecule has 5 nitrogen and oxygen atoms in total. The highest BCUT2D eigenvalue weighted by Crippen LogP contribution is 2.46. The van der Waals surface area contributed by atoms with Gasteiger partial charge in [0.1, 0.15) is 11.8 Å². The summed E-state index contributed by atoms with van der Waals surface area (Å²) in [6.45, 7) is -0.186. The van der Waals surface area contributed by atoms with Crippen molar-refractivity contribution < 1.29 is 18.8 Å². The van der Waals surface area contributed by atoms with Crippen molar-refractivity contribution in [3.05, 3.63) is 36.1 Å². The molecule has 2 aliphatic rings. The zero-order chi connectivity index (χ0) is 13.9. The number of carbonyl (C=O) groups excluding carboxylic acids is 3. The minimum absolute atomic E-state index is 0.170. The van der Waals surface area contributed by atoms with E-state index in [4.69, 9.17) is 4.42 Å². The molecule has 0 N–H and O–H groups in total. The normalized spacial score (nSPS) is 24.3. The van der Waals surface area contributed by atoms with Gasteiger partial charge in [-0.3, -0.25) is 19.3 Å². The molecule has 100 valence electrons. The number of furan rings is 1. The van der Waals surface area contributed by atoms with E-state index in [1.54, 1.807) is 12.1 Å². The fraction of sp³-hybridized carbons (Fsp3) is 0.267. The summed E-state index contributed by atoms with van der Waals surface area (Å²) in [4.78, 5) is 37.1. The summed E-state index contributed by atoms with van der Waals surface area (Å²) in [6, 6.07) is 7.20. The Balaban J connectivity index is 1.62. The molecule has 0 spiro atoms. The standard InChI is InChI=1S/C15H11NO4/c17-12(6-16-14(18)9-5-10(9)15(16)19)11-7-20-13-4-2-1-3-8(11)13/h1-4,7,9-10H,5-6H2. The van der Waals surface area contributed by atoms with Crippen LogP contribution in [0.1, 0.15) is 16.8 Å². The maximum Gasteiger partial charge on any atom is 0.233 e. The number of para-hydroxylation sites is 1. The summed E-state index contributed by atoms with van der Waals surface area (Å²) in [5.41, 5.74) is 1.04. The highest BCUT2D eigenvalue weighted by atomic mass is 16.3. The van der Waals surface area contributed by atoms with Gasteiger partial charge < -0.3 is 4.42 Å². The zero-order valence-corrected chi connectivity index (χ0v) is 10.5. The van der Waals surface area contributed by atoms with Crippen LogP contribution in [-0.2, 0) is 9.59 Å². The molecule has 1 saturated heterocycles. The number of benzene rings is 1. The summed E-state index contributed by atoms with van der Waals surface area (Å²) in [5, 5.41) is 0.710. The van der Waals surface area contributed by atoms with Crippen LogP contribution in [0, 0.1) is 11.8 Å². The van der Waals surface area contributed by atoms with Crippen molar-refractivity contribution >= 4 is 28.6 Å². The number of hydrogen-bond donors (Lipinski definition) is 0. The molecule has 2 unspecified atom stereocenters. The summed E-state index contributed by atoms with van der Waals surface area (Å²) in [6.07, 6.45) is 2.04. The van der Waals surface area contributed by atoms with Gasteiger partial charge in [0, 0.05) is 5.39 Å². The van der Waals surface area contributed by atoms with Gasteiger partial charge in [-0.25, -0.2) is 0 Å². The Kier molecular flexibility index (Phi) is 2.16. The first-order valence-corrected chi connectivity index (χ1v) is 6.51. The molecule has 2 fully saturated rings. The van der Waals surface area contributed by atoms with Gasteiger partial charge >= 0.3 is 0 Å². The number of ketones is 1. The molecular formula is C15H11NO4. The Morgan fingerprint density at radius 3 is 2.65 bits per heavy atom. The van der Waals surface area contributed by atoms with E-state index >= 15 is 0 Å². The third-order valence-electron chi connectivity index (χ3n) is 4.04. The van der Waals surface area contributed by atoms with Crippen molar-refractivity contribution in [1.29, 1.82) is 0 Å². The van der Waals surface area contributed by atoms with Crippen molar-refractivity contribution in [2.24, 2.45) is 11.8 Å². The SMILES string of the molecule is O=C(CN1C(=O)C2CC2C1=O)c1coc2ccccc12. The molecule has 1 aliphatic heterocycles. The van der Waals surface area contributed by atoms with Gasteiger partial charge in [-0.1, -0.05) is 18.2 Å². The van der Waals surface area contributed by atoms with Gasteiger partial charge in [-0.15, -0.1) is 0 Å². The van der Waals surface area contributed by atoms with E-state index < -0.39 is 0 Å². The van der Waals surface area contributed by atoms with Gasteiger partial charge in [-0.05, 0) is 12.5 Å². The molecule has 0 bridgehead atoms. The van der Waals surface area contributed by atoms with Crippen LogP contribution in [0.3, 0.4) is 0 Å². The second-order valence-electron chi connectivity index (χ2n) is 5.28. The fourth-order valence-corrected chi connectivity index (χ4v) is 2.83. The lowest BCUT2D eigenvalue weighted by Gasteiger charge is -2.14. The van der Waals surface area contributed by atoms with Crippen LogP contribution in [0.2, 0.25) is 0 Å². The van der Waals surface area contributed by atoms with E-state index in [0.29, 0.717) is 23.0 Å². The number of amides is 2. The Bertz CT molecular complexity index is 740. The minimum atomic E-state index is -0.266. The van der Waals surface area contributed by atoms with E-state index in [1.165, 1.54) is 6.26 Å². The zero-order valence-electron chi connectivity index (χ0n) is 10.5. The smallest absolute Gasteiger partial charge is 0.233 e. The quantitative estimate of drug-likeness (QED) is 0.627. The van der Waals surface area contributed by atoms with Crippen LogP contribution in [0.15, 0.2) is 34.9 Å². The lowest BCUT2D eigenvalue weighted by atomic mass is 10.1. The molecule has 1 saturated carbocycles. The minimum Gasteiger partial charge on any atom is -0.464 e. The molecule has 2 aromatic rings. The van der Waals surface area contributed by atoms with E-state index in [2.05, 4.69) is 0 Å². The summed E-state index contributed by atoms with van der Waals surface area (Å²) >= 11 is 0.